The minimum atomic E-state index is -0.0849. The lowest BCUT2D eigenvalue weighted by molar-refractivity contribution is 0.186. The number of piperazine rings is 1. The maximum atomic E-state index is 12.5. The molecule has 0 saturated carbocycles. The van der Waals surface area contributed by atoms with Gasteiger partial charge in [-0.2, -0.15) is 0 Å². The van der Waals surface area contributed by atoms with E-state index in [1.165, 1.54) is 7.11 Å². The van der Waals surface area contributed by atoms with E-state index in [1.54, 1.807) is 30.6 Å². The summed E-state index contributed by atoms with van der Waals surface area (Å²) in [6.45, 7) is 4.61. The number of carbonyl (C=O) groups excluding carboxylic acids is 1. The van der Waals surface area contributed by atoms with Gasteiger partial charge < -0.3 is 25.0 Å². The Balaban J connectivity index is 1.55. The number of amides is 2. The first-order valence-electron chi connectivity index (χ1n) is 8.64. The van der Waals surface area contributed by atoms with E-state index in [9.17, 15) is 9.90 Å². The lowest BCUT2D eigenvalue weighted by Crippen LogP contribution is -2.55. The van der Waals surface area contributed by atoms with E-state index in [2.05, 4.69) is 22.1 Å². The molecule has 7 heteroatoms. The molecule has 1 aromatic carbocycles. The summed E-state index contributed by atoms with van der Waals surface area (Å²) in [5, 5.41) is 12.6. The van der Waals surface area contributed by atoms with Gasteiger partial charge in [-0.05, 0) is 36.8 Å². The molecule has 2 heterocycles. The number of ether oxygens (including phenoxy) is 1. The van der Waals surface area contributed by atoms with Gasteiger partial charge in [0, 0.05) is 50.3 Å². The number of phenolic OH excluding ortho intramolecular Hbond substituents is 1. The van der Waals surface area contributed by atoms with Crippen molar-refractivity contribution in [2.45, 2.75) is 19.5 Å². The van der Waals surface area contributed by atoms with Crippen LogP contribution >= 0.6 is 0 Å². The highest BCUT2D eigenvalue weighted by Crippen LogP contribution is 2.26. The van der Waals surface area contributed by atoms with E-state index in [0.29, 0.717) is 25.4 Å². The molecular formula is C19H24N4O3. The lowest BCUT2D eigenvalue weighted by atomic mass is 10.1. The van der Waals surface area contributed by atoms with Crippen molar-refractivity contribution in [1.29, 1.82) is 0 Å². The van der Waals surface area contributed by atoms with Crippen LogP contribution in [0.15, 0.2) is 42.7 Å². The number of hydrogen-bond acceptors (Lipinski definition) is 5. The molecule has 1 unspecified atom stereocenters. The van der Waals surface area contributed by atoms with Crippen LogP contribution in [-0.4, -0.2) is 53.8 Å². The fourth-order valence-electron chi connectivity index (χ4n) is 3.18. The number of hydrogen-bond donors (Lipinski definition) is 2. The van der Waals surface area contributed by atoms with E-state index in [-0.39, 0.29) is 17.8 Å². The van der Waals surface area contributed by atoms with Crippen LogP contribution < -0.4 is 15.0 Å². The molecular weight excluding hydrogens is 332 g/mol. The van der Waals surface area contributed by atoms with E-state index < -0.39 is 0 Å². The van der Waals surface area contributed by atoms with Gasteiger partial charge in [-0.15, -0.1) is 0 Å². The quantitative estimate of drug-likeness (QED) is 0.878. The Morgan fingerprint density at radius 1 is 1.31 bits per heavy atom. The number of anilines is 1. The maximum Gasteiger partial charge on any atom is 0.317 e. The number of carbonyl (C=O) groups is 1. The molecule has 3 rings (SSSR count). The maximum absolute atomic E-state index is 12.5. The Morgan fingerprint density at radius 2 is 2.08 bits per heavy atom. The highest BCUT2D eigenvalue weighted by atomic mass is 16.5. The van der Waals surface area contributed by atoms with Crippen LogP contribution in [0.3, 0.4) is 0 Å². The zero-order valence-corrected chi connectivity index (χ0v) is 15.1. The Labute approximate surface area is 153 Å². The van der Waals surface area contributed by atoms with Gasteiger partial charge in [0.05, 0.1) is 7.11 Å². The van der Waals surface area contributed by atoms with Gasteiger partial charge >= 0.3 is 6.03 Å². The molecule has 0 radical (unpaired) electrons. The number of benzene rings is 1. The number of nitrogens with one attached hydrogen (secondary N) is 1. The number of aromatic nitrogens is 1. The summed E-state index contributed by atoms with van der Waals surface area (Å²) in [5.41, 5.74) is 2.00. The van der Waals surface area contributed by atoms with Crippen molar-refractivity contribution in [2.75, 3.05) is 31.6 Å². The van der Waals surface area contributed by atoms with Crippen molar-refractivity contribution in [3.8, 4) is 11.5 Å². The minimum absolute atomic E-state index is 0.0849. The smallest absolute Gasteiger partial charge is 0.317 e. The Bertz CT molecular complexity index is 754. The third kappa shape index (κ3) is 3.99. The van der Waals surface area contributed by atoms with Gasteiger partial charge in [-0.25, -0.2) is 4.79 Å². The SMILES string of the molecule is COc1cc(CNC(=O)N2CCN(c3ccncc3)C(C)C2)ccc1O. The number of aromatic hydroxyl groups is 1. The number of nitrogens with zero attached hydrogens (tertiary/aromatic N) is 3. The first-order valence-corrected chi connectivity index (χ1v) is 8.64. The summed E-state index contributed by atoms with van der Waals surface area (Å²) < 4.78 is 5.09. The molecule has 1 saturated heterocycles. The van der Waals surface area contributed by atoms with E-state index >= 15 is 0 Å². The van der Waals surface area contributed by atoms with Crippen molar-refractivity contribution in [3.63, 3.8) is 0 Å². The van der Waals surface area contributed by atoms with Crippen molar-refractivity contribution in [2.24, 2.45) is 0 Å². The van der Waals surface area contributed by atoms with Crippen LogP contribution in [0.4, 0.5) is 10.5 Å². The molecule has 26 heavy (non-hydrogen) atoms. The van der Waals surface area contributed by atoms with Crippen LogP contribution in [0.5, 0.6) is 11.5 Å². The van der Waals surface area contributed by atoms with Gasteiger partial charge in [0.1, 0.15) is 0 Å². The van der Waals surface area contributed by atoms with Gasteiger partial charge in [-0.3, -0.25) is 4.98 Å². The summed E-state index contributed by atoms with van der Waals surface area (Å²) in [6, 6.07) is 9.18. The van der Waals surface area contributed by atoms with Crippen molar-refractivity contribution < 1.29 is 14.6 Å². The molecule has 1 aliphatic rings. The van der Waals surface area contributed by atoms with Gasteiger partial charge in [0.15, 0.2) is 11.5 Å². The monoisotopic (exact) mass is 356 g/mol. The highest BCUT2D eigenvalue weighted by molar-refractivity contribution is 5.74. The van der Waals surface area contributed by atoms with Gasteiger partial charge in [-0.1, -0.05) is 6.07 Å². The number of phenols is 1. The molecule has 2 aromatic rings. The summed E-state index contributed by atoms with van der Waals surface area (Å²) in [5.74, 6) is 0.486. The van der Waals surface area contributed by atoms with E-state index in [1.807, 2.05) is 17.0 Å². The highest BCUT2D eigenvalue weighted by Gasteiger charge is 2.26. The second kappa shape index (κ2) is 7.95. The van der Waals surface area contributed by atoms with Crippen LogP contribution in [0.1, 0.15) is 12.5 Å². The summed E-state index contributed by atoms with van der Waals surface area (Å²) in [6.07, 6.45) is 3.57. The summed E-state index contributed by atoms with van der Waals surface area (Å²) in [7, 11) is 1.50. The summed E-state index contributed by atoms with van der Waals surface area (Å²) >= 11 is 0. The zero-order valence-electron chi connectivity index (χ0n) is 15.1. The molecule has 0 spiro atoms. The number of methoxy groups -OCH3 is 1. The van der Waals surface area contributed by atoms with Crippen molar-refractivity contribution >= 4 is 11.7 Å². The van der Waals surface area contributed by atoms with E-state index in [0.717, 1.165) is 17.8 Å². The standard InChI is InChI=1S/C19H24N4O3/c1-14-13-22(9-10-23(14)16-5-7-20-8-6-16)19(25)21-12-15-3-4-17(24)18(11-15)26-2/h3-8,11,14,24H,9-10,12-13H2,1-2H3,(H,21,25). The van der Waals surface area contributed by atoms with Gasteiger partial charge in [0.2, 0.25) is 0 Å². The van der Waals surface area contributed by atoms with Gasteiger partial charge in [0.25, 0.3) is 0 Å². The number of pyridine rings is 1. The molecule has 138 valence electrons. The largest absolute Gasteiger partial charge is 0.504 e. The predicted molar refractivity (Wildman–Crippen MR) is 99.5 cm³/mol. The fourth-order valence-corrected chi connectivity index (χ4v) is 3.18. The van der Waals surface area contributed by atoms with Crippen molar-refractivity contribution in [1.82, 2.24) is 15.2 Å². The third-order valence-electron chi connectivity index (χ3n) is 4.60. The summed E-state index contributed by atoms with van der Waals surface area (Å²) in [4.78, 5) is 20.7. The Morgan fingerprint density at radius 3 is 2.77 bits per heavy atom. The average molecular weight is 356 g/mol. The average Bonchev–Trinajstić information content (AvgIpc) is 2.67. The van der Waals surface area contributed by atoms with Crippen LogP contribution in [0.25, 0.3) is 0 Å². The molecule has 2 amide bonds. The normalized spacial score (nSPS) is 17.1. The molecule has 1 aromatic heterocycles. The Hall–Kier alpha value is -2.96. The van der Waals surface area contributed by atoms with Crippen LogP contribution in [0.2, 0.25) is 0 Å². The molecule has 2 N–H and O–H groups in total. The zero-order chi connectivity index (χ0) is 18.5. The molecule has 0 bridgehead atoms. The topological polar surface area (TPSA) is 77.9 Å². The molecule has 0 aliphatic carbocycles. The molecule has 1 aliphatic heterocycles. The lowest BCUT2D eigenvalue weighted by Gasteiger charge is -2.41. The first kappa shape index (κ1) is 17.8. The Kier molecular flexibility index (Phi) is 5.46. The second-order valence-corrected chi connectivity index (χ2v) is 6.36. The van der Waals surface area contributed by atoms with Crippen LogP contribution in [0, 0.1) is 0 Å². The fraction of sp³-hybridized carbons (Fsp3) is 0.368. The predicted octanol–water partition coefficient (Wildman–Crippen LogP) is 2.22. The number of rotatable bonds is 4. The first-order chi connectivity index (χ1) is 12.6. The molecule has 1 atom stereocenters. The van der Waals surface area contributed by atoms with Crippen LogP contribution in [-0.2, 0) is 6.54 Å². The third-order valence-corrected chi connectivity index (χ3v) is 4.60. The van der Waals surface area contributed by atoms with Crippen molar-refractivity contribution in [3.05, 3.63) is 48.3 Å². The molecule has 1 fully saturated rings. The number of urea groups is 1. The minimum Gasteiger partial charge on any atom is -0.504 e. The second-order valence-electron chi connectivity index (χ2n) is 6.36. The van der Waals surface area contributed by atoms with E-state index in [4.69, 9.17) is 4.74 Å². The molecule has 7 nitrogen and oxygen atoms in total.